The van der Waals surface area contributed by atoms with Gasteiger partial charge in [0.25, 0.3) is 0 Å². The zero-order valence-electron chi connectivity index (χ0n) is 9.26. The summed E-state index contributed by atoms with van der Waals surface area (Å²) in [5, 5.41) is 2.85. The van der Waals surface area contributed by atoms with Gasteiger partial charge in [0.15, 0.2) is 0 Å². The first-order valence-corrected chi connectivity index (χ1v) is 5.60. The number of pyridine rings is 1. The van der Waals surface area contributed by atoms with Gasteiger partial charge in [0, 0.05) is 19.2 Å². The normalized spacial score (nSPS) is 20.5. The van der Waals surface area contributed by atoms with Gasteiger partial charge in [0.05, 0.1) is 17.8 Å². The molecule has 0 spiro atoms. The number of hydrogen-bond donors (Lipinski definition) is 2. The minimum absolute atomic E-state index is 0.103. The largest absolute Gasteiger partial charge is 0.369 e. The van der Waals surface area contributed by atoms with Crippen molar-refractivity contribution in [2.75, 3.05) is 12.3 Å². The number of nitrogens with one attached hydrogen (secondary N) is 1. The highest BCUT2D eigenvalue weighted by Crippen LogP contribution is 2.26. The molecule has 3 heterocycles. The number of nitrogens with two attached hydrogens (primary N) is 1. The Morgan fingerprint density at radius 2 is 2.41 bits per heavy atom. The second kappa shape index (κ2) is 3.73. The molecule has 1 unspecified atom stereocenters. The van der Waals surface area contributed by atoms with Gasteiger partial charge < -0.3 is 15.6 Å². The molecular weight excluding hydrogens is 218 g/mol. The van der Waals surface area contributed by atoms with Crippen molar-refractivity contribution >= 4 is 22.9 Å². The van der Waals surface area contributed by atoms with Crippen LogP contribution in [0.2, 0.25) is 0 Å². The first kappa shape index (κ1) is 10.1. The van der Waals surface area contributed by atoms with Crippen LogP contribution in [0.3, 0.4) is 0 Å². The van der Waals surface area contributed by atoms with Crippen LogP contribution in [-0.2, 0) is 4.79 Å². The molecule has 3 rings (SSSR count). The van der Waals surface area contributed by atoms with E-state index < -0.39 is 0 Å². The van der Waals surface area contributed by atoms with Gasteiger partial charge in [0.1, 0.15) is 5.52 Å². The van der Waals surface area contributed by atoms with E-state index in [4.69, 9.17) is 5.73 Å². The van der Waals surface area contributed by atoms with E-state index in [2.05, 4.69) is 15.3 Å². The lowest BCUT2D eigenvalue weighted by molar-refractivity contribution is -0.122. The summed E-state index contributed by atoms with van der Waals surface area (Å²) >= 11 is 0. The van der Waals surface area contributed by atoms with Crippen molar-refractivity contribution in [3.05, 3.63) is 18.5 Å². The fourth-order valence-corrected chi connectivity index (χ4v) is 2.29. The Kier molecular flexibility index (Phi) is 2.21. The molecule has 6 nitrogen and oxygen atoms in total. The highest BCUT2D eigenvalue weighted by atomic mass is 16.1. The lowest BCUT2D eigenvalue weighted by Crippen LogP contribution is -2.36. The van der Waals surface area contributed by atoms with Crippen LogP contribution in [0.1, 0.15) is 18.9 Å². The third-order valence-corrected chi connectivity index (χ3v) is 3.12. The van der Waals surface area contributed by atoms with Gasteiger partial charge in [-0.1, -0.05) is 0 Å². The summed E-state index contributed by atoms with van der Waals surface area (Å²) in [6.07, 6.45) is 4.75. The molecule has 0 radical (unpaired) electrons. The van der Waals surface area contributed by atoms with E-state index in [9.17, 15) is 4.79 Å². The molecule has 1 fully saturated rings. The number of piperidine rings is 1. The van der Waals surface area contributed by atoms with Gasteiger partial charge >= 0.3 is 0 Å². The maximum atomic E-state index is 11.1. The molecule has 2 aromatic rings. The average molecular weight is 231 g/mol. The molecule has 0 bridgehead atoms. The van der Waals surface area contributed by atoms with Crippen molar-refractivity contribution in [2.45, 2.75) is 18.9 Å². The lowest BCUT2D eigenvalue weighted by Gasteiger charge is -2.25. The van der Waals surface area contributed by atoms with Gasteiger partial charge in [-0.15, -0.1) is 0 Å². The highest BCUT2D eigenvalue weighted by molar-refractivity contribution is 5.79. The summed E-state index contributed by atoms with van der Waals surface area (Å²) < 4.78 is 1.98. The average Bonchev–Trinajstić information content (AvgIpc) is 2.66. The lowest BCUT2D eigenvalue weighted by atomic mass is 10.1. The molecule has 1 saturated heterocycles. The minimum atomic E-state index is 0.103. The van der Waals surface area contributed by atoms with Gasteiger partial charge in [0.2, 0.25) is 11.9 Å². The van der Waals surface area contributed by atoms with Gasteiger partial charge in [-0.2, -0.15) is 0 Å². The van der Waals surface area contributed by atoms with E-state index in [1.54, 1.807) is 12.4 Å². The van der Waals surface area contributed by atoms with Crippen LogP contribution >= 0.6 is 0 Å². The summed E-state index contributed by atoms with van der Waals surface area (Å²) in [4.78, 5) is 19.4. The second-order valence-corrected chi connectivity index (χ2v) is 4.20. The molecular formula is C11H13N5O. The number of carbonyl (C=O) groups is 1. The number of hydrogen-bond acceptors (Lipinski definition) is 4. The summed E-state index contributed by atoms with van der Waals surface area (Å²) in [7, 11) is 0. The quantitative estimate of drug-likeness (QED) is 0.746. The van der Waals surface area contributed by atoms with E-state index in [1.807, 2.05) is 10.6 Å². The Labute approximate surface area is 97.8 Å². The Bertz CT molecular complexity index is 566. The topological polar surface area (TPSA) is 85.8 Å². The number of anilines is 1. The molecule has 0 aromatic carbocycles. The second-order valence-electron chi connectivity index (χ2n) is 4.20. The SMILES string of the molecule is Nc1nc2cnccc2n1C1CCC(=O)NC1. The van der Waals surface area contributed by atoms with Crippen LogP contribution < -0.4 is 11.1 Å². The molecule has 6 heteroatoms. The third kappa shape index (κ3) is 1.61. The monoisotopic (exact) mass is 231 g/mol. The first-order chi connectivity index (χ1) is 8.25. The predicted molar refractivity (Wildman–Crippen MR) is 63.2 cm³/mol. The Morgan fingerprint density at radius 3 is 3.18 bits per heavy atom. The van der Waals surface area contributed by atoms with E-state index in [-0.39, 0.29) is 11.9 Å². The van der Waals surface area contributed by atoms with E-state index in [0.29, 0.717) is 18.9 Å². The number of nitrogens with zero attached hydrogens (tertiary/aromatic N) is 3. The summed E-state index contributed by atoms with van der Waals surface area (Å²) in [5.41, 5.74) is 7.69. The molecule has 1 amide bonds. The fraction of sp³-hybridized carbons (Fsp3) is 0.364. The van der Waals surface area contributed by atoms with Gasteiger partial charge in [-0.3, -0.25) is 9.78 Å². The van der Waals surface area contributed by atoms with Crippen molar-refractivity contribution in [1.82, 2.24) is 19.9 Å². The first-order valence-electron chi connectivity index (χ1n) is 5.60. The fourth-order valence-electron chi connectivity index (χ4n) is 2.29. The zero-order chi connectivity index (χ0) is 11.8. The number of nitrogen functional groups attached to an aromatic ring is 1. The van der Waals surface area contributed by atoms with Crippen molar-refractivity contribution in [2.24, 2.45) is 0 Å². The maximum absolute atomic E-state index is 11.1. The minimum Gasteiger partial charge on any atom is -0.369 e. The summed E-state index contributed by atoms with van der Waals surface area (Å²) in [6.45, 7) is 0.608. The van der Waals surface area contributed by atoms with Crippen LogP contribution in [-0.4, -0.2) is 27.0 Å². The summed E-state index contributed by atoms with van der Waals surface area (Å²) in [5.74, 6) is 0.583. The number of imidazole rings is 1. The molecule has 2 aromatic heterocycles. The Morgan fingerprint density at radius 1 is 1.53 bits per heavy atom. The number of amides is 1. The number of carbonyl (C=O) groups excluding carboxylic acids is 1. The molecule has 1 aliphatic heterocycles. The van der Waals surface area contributed by atoms with Crippen LogP contribution in [0.15, 0.2) is 18.5 Å². The standard InChI is InChI=1S/C11H13N5O/c12-11-15-8-6-13-4-3-9(8)16(11)7-1-2-10(17)14-5-7/h3-4,6-7H,1-2,5H2,(H2,12,15)(H,14,17). The number of aromatic nitrogens is 3. The van der Waals surface area contributed by atoms with Crippen LogP contribution in [0.5, 0.6) is 0 Å². The van der Waals surface area contributed by atoms with Crippen molar-refractivity contribution in [3.63, 3.8) is 0 Å². The Hall–Kier alpha value is -2.11. The predicted octanol–water partition coefficient (Wildman–Crippen LogP) is 0.465. The van der Waals surface area contributed by atoms with Crippen LogP contribution in [0, 0.1) is 0 Å². The van der Waals surface area contributed by atoms with Crippen molar-refractivity contribution < 1.29 is 4.79 Å². The molecule has 0 aliphatic carbocycles. The number of rotatable bonds is 1. The Balaban J connectivity index is 2.04. The highest BCUT2D eigenvalue weighted by Gasteiger charge is 2.22. The van der Waals surface area contributed by atoms with Crippen LogP contribution in [0.4, 0.5) is 5.95 Å². The third-order valence-electron chi connectivity index (χ3n) is 3.12. The van der Waals surface area contributed by atoms with Crippen molar-refractivity contribution in [1.29, 1.82) is 0 Å². The van der Waals surface area contributed by atoms with Crippen molar-refractivity contribution in [3.8, 4) is 0 Å². The maximum Gasteiger partial charge on any atom is 0.220 e. The van der Waals surface area contributed by atoms with E-state index in [0.717, 1.165) is 17.5 Å². The zero-order valence-corrected chi connectivity index (χ0v) is 9.26. The number of fused-ring (bicyclic) bond motifs is 1. The molecule has 1 aliphatic rings. The van der Waals surface area contributed by atoms with Crippen LogP contribution in [0.25, 0.3) is 11.0 Å². The van der Waals surface area contributed by atoms with Gasteiger partial charge in [-0.25, -0.2) is 4.98 Å². The van der Waals surface area contributed by atoms with E-state index >= 15 is 0 Å². The molecule has 3 N–H and O–H groups in total. The molecule has 17 heavy (non-hydrogen) atoms. The molecule has 88 valence electrons. The molecule has 1 atom stereocenters. The molecule has 0 saturated carbocycles. The van der Waals surface area contributed by atoms with Gasteiger partial charge in [-0.05, 0) is 12.5 Å². The smallest absolute Gasteiger partial charge is 0.220 e. The summed E-state index contributed by atoms with van der Waals surface area (Å²) in [6, 6.07) is 2.08. The van der Waals surface area contributed by atoms with E-state index in [1.165, 1.54) is 0 Å².